The number of aromatic nitrogens is 1. The first-order valence-corrected chi connectivity index (χ1v) is 19.0. The number of nitrogens with one attached hydrogen (secondary N) is 2. The number of carbonyl (C=O) groups excluding carboxylic acids is 3. The van der Waals surface area contributed by atoms with E-state index in [4.69, 9.17) is 26.2 Å². The van der Waals surface area contributed by atoms with Gasteiger partial charge in [0, 0.05) is 17.0 Å². The van der Waals surface area contributed by atoms with Gasteiger partial charge in [0.15, 0.2) is 10.8 Å². The molecule has 1 fully saturated rings. The molecule has 274 valence electrons. The van der Waals surface area contributed by atoms with Crippen molar-refractivity contribution in [2.75, 3.05) is 23.6 Å². The molecule has 4 aromatic rings. The highest BCUT2D eigenvalue weighted by Crippen LogP contribution is 2.42. The van der Waals surface area contributed by atoms with E-state index >= 15 is 0 Å². The number of thioether (sulfide) groups is 1. The topological polar surface area (TPSA) is 160 Å². The zero-order chi connectivity index (χ0) is 37.8. The predicted molar refractivity (Wildman–Crippen MR) is 204 cm³/mol. The lowest BCUT2D eigenvalue weighted by Gasteiger charge is -2.49. The minimum atomic E-state index is -1.28. The molecule has 0 spiro atoms. The van der Waals surface area contributed by atoms with Gasteiger partial charge < -0.3 is 25.3 Å². The number of anilines is 1. The van der Waals surface area contributed by atoms with Crippen LogP contribution in [0.2, 0.25) is 0 Å². The fraction of sp³-hybridized carbons (Fsp3) is 0.263. The van der Waals surface area contributed by atoms with E-state index in [0.29, 0.717) is 10.7 Å². The summed E-state index contributed by atoms with van der Waals surface area (Å²) in [5, 5.41) is 21.5. The second kappa shape index (κ2) is 15.8. The molecule has 2 aliphatic rings. The Kier molecular flexibility index (Phi) is 11.2. The average Bonchev–Trinajstić information content (AvgIpc) is 3.61. The maximum atomic E-state index is 13.9. The number of fused-ring (bicyclic) bond motifs is 1. The maximum Gasteiger partial charge on any atom is 0.352 e. The van der Waals surface area contributed by atoms with Crippen LogP contribution in [0.3, 0.4) is 0 Å². The van der Waals surface area contributed by atoms with Crippen LogP contribution in [0.25, 0.3) is 0 Å². The number of rotatable bonds is 13. The van der Waals surface area contributed by atoms with Crippen molar-refractivity contribution in [3.05, 3.63) is 130 Å². The lowest BCUT2D eigenvalue weighted by atomic mass is 9.77. The van der Waals surface area contributed by atoms with E-state index in [1.165, 1.54) is 23.1 Å². The van der Waals surface area contributed by atoms with Crippen LogP contribution in [-0.4, -0.2) is 79.7 Å². The van der Waals surface area contributed by atoms with Crippen LogP contribution in [0.5, 0.6) is 0 Å². The van der Waals surface area contributed by atoms with Crippen molar-refractivity contribution in [3.63, 3.8) is 0 Å². The number of ether oxygens (including phenoxy) is 1. The molecule has 3 N–H and O–H groups in total. The van der Waals surface area contributed by atoms with E-state index in [2.05, 4.69) is 15.8 Å². The molecular weight excluding hydrogens is 738 g/mol. The number of carbonyl (C=O) groups is 4. The number of halogens is 1. The first-order chi connectivity index (χ1) is 25.4. The summed E-state index contributed by atoms with van der Waals surface area (Å²) < 4.78 is 5.31. The quantitative estimate of drug-likeness (QED) is 0.0391. The van der Waals surface area contributed by atoms with Crippen LogP contribution in [0.1, 0.15) is 43.2 Å². The Morgan fingerprint density at radius 3 is 2.04 bits per heavy atom. The summed E-state index contributed by atoms with van der Waals surface area (Å²) in [5.41, 5.74) is 1.17. The van der Waals surface area contributed by atoms with Gasteiger partial charge in [0.05, 0.1) is 0 Å². The van der Waals surface area contributed by atoms with E-state index in [-0.39, 0.29) is 28.7 Å². The van der Waals surface area contributed by atoms with Gasteiger partial charge in [-0.2, -0.15) is 0 Å². The van der Waals surface area contributed by atoms with Gasteiger partial charge in [-0.25, -0.2) is 14.6 Å². The molecular formula is C38H36ClN5O7S2. The van der Waals surface area contributed by atoms with E-state index in [1.807, 2.05) is 91.0 Å². The van der Waals surface area contributed by atoms with Crippen molar-refractivity contribution < 1.29 is 33.9 Å². The van der Waals surface area contributed by atoms with Crippen molar-refractivity contribution in [2.24, 2.45) is 5.16 Å². The number of hydrogen-bond acceptors (Lipinski definition) is 11. The second-order valence-corrected chi connectivity index (χ2v) is 15.3. The summed E-state index contributed by atoms with van der Waals surface area (Å²) in [6.07, 6.45) is 0. The van der Waals surface area contributed by atoms with E-state index in [1.54, 1.807) is 26.2 Å². The summed E-state index contributed by atoms with van der Waals surface area (Å²) in [4.78, 5) is 62.9. The number of carboxylic acid groups (broad SMARTS) is 1. The molecule has 1 saturated heterocycles. The van der Waals surface area contributed by atoms with Gasteiger partial charge in [0.25, 0.3) is 11.8 Å². The Balaban J connectivity index is 1.34. The van der Waals surface area contributed by atoms with Crippen molar-refractivity contribution in [2.45, 2.75) is 43.3 Å². The molecule has 0 saturated carbocycles. The fourth-order valence-electron chi connectivity index (χ4n) is 6.10. The van der Waals surface area contributed by atoms with Crippen LogP contribution < -0.4 is 10.6 Å². The van der Waals surface area contributed by atoms with E-state index < -0.39 is 52.9 Å². The number of nitrogens with zero attached hydrogens (tertiary/aromatic N) is 3. The Morgan fingerprint density at radius 1 is 0.962 bits per heavy atom. The Morgan fingerprint density at radius 2 is 1.53 bits per heavy atom. The number of oxime groups is 1. The zero-order valence-corrected chi connectivity index (χ0v) is 31.3. The summed E-state index contributed by atoms with van der Waals surface area (Å²) in [6, 6.07) is 28.7. The lowest BCUT2D eigenvalue weighted by Crippen LogP contribution is -2.71. The summed E-state index contributed by atoms with van der Waals surface area (Å²) in [7, 11) is 0. The maximum absolute atomic E-state index is 13.9. The number of amides is 2. The minimum Gasteiger partial charge on any atom is -0.477 e. The highest BCUT2D eigenvalue weighted by molar-refractivity contribution is 8.00. The van der Waals surface area contributed by atoms with Crippen LogP contribution >= 0.6 is 34.7 Å². The van der Waals surface area contributed by atoms with Gasteiger partial charge in [-0.05, 0) is 43.0 Å². The zero-order valence-electron chi connectivity index (χ0n) is 28.9. The first kappa shape index (κ1) is 37.6. The fourth-order valence-corrected chi connectivity index (χ4v) is 8.53. The Bertz CT molecular complexity index is 1960. The summed E-state index contributed by atoms with van der Waals surface area (Å²) >= 11 is 8.48. The van der Waals surface area contributed by atoms with Crippen LogP contribution in [-0.2, 0) is 34.3 Å². The van der Waals surface area contributed by atoms with E-state index in [0.717, 1.165) is 21.6 Å². The van der Waals surface area contributed by atoms with Crippen molar-refractivity contribution >= 4 is 69.3 Å². The SMILES string of the molecule is CC(C)(C)OC(=O)CO/N=C(\C(=O)NC1C(=O)N2C(C(=O)O)=C(CCl)CS[C@H]12)c1csc(NC(c2ccccc2)(c2ccccc2)c2ccccc2)n1. The third-order valence-electron chi connectivity index (χ3n) is 8.33. The number of aliphatic carboxylic acids is 1. The molecule has 15 heteroatoms. The monoisotopic (exact) mass is 773 g/mol. The average molecular weight is 774 g/mol. The van der Waals surface area contributed by atoms with Gasteiger partial charge in [-0.15, -0.1) is 34.7 Å². The Labute approximate surface area is 319 Å². The minimum absolute atomic E-state index is 0.0474. The molecule has 1 unspecified atom stereocenters. The standard InChI is InChI=1S/C38H36ClN5O7S2/c1-37(2,3)51-28(45)20-50-43-29(32(46)41-30-33(47)44-31(35(48)49)23(19-39)21-52-34(30)44)27-22-53-36(40-27)42-38(24-13-7-4-8-14-24,25-15-9-5-10-16-25)26-17-11-6-12-18-26/h4-18,22,30,34H,19-21H2,1-3H3,(H,40,42)(H,41,46)(H,48,49)/b43-29-/t30?,34-/m1/s1. The highest BCUT2D eigenvalue weighted by Gasteiger charge is 2.54. The molecule has 2 atom stereocenters. The molecule has 6 rings (SSSR count). The third kappa shape index (κ3) is 7.94. The summed E-state index contributed by atoms with van der Waals surface area (Å²) in [5.74, 6) is -3.17. The molecule has 0 aliphatic carbocycles. The third-order valence-corrected chi connectivity index (χ3v) is 10.8. The number of thiazole rings is 1. The van der Waals surface area contributed by atoms with E-state index in [9.17, 15) is 24.3 Å². The van der Waals surface area contributed by atoms with Gasteiger partial charge in [-0.3, -0.25) is 14.5 Å². The molecule has 3 heterocycles. The summed E-state index contributed by atoms with van der Waals surface area (Å²) in [6.45, 7) is 4.53. The van der Waals surface area contributed by atoms with Gasteiger partial charge in [0.1, 0.15) is 33.9 Å². The predicted octanol–water partition coefficient (Wildman–Crippen LogP) is 5.59. The number of benzene rings is 3. The van der Waals surface area contributed by atoms with Crippen molar-refractivity contribution in [1.82, 2.24) is 15.2 Å². The number of β-lactam (4-membered cyclic amide) rings is 1. The molecule has 12 nitrogen and oxygen atoms in total. The van der Waals surface area contributed by atoms with Gasteiger partial charge in [0.2, 0.25) is 6.61 Å². The normalized spacial score (nSPS) is 17.4. The lowest BCUT2D eigenvalue weighted by molar-refractivity contribution is -0.160. The number of hydrogen-bond donors (Lipinski definition) is 3. The molecule has 3 aromatic carbocycles. The molecule has 0 bridgehead atoms. The first-order valence-electron chi connectivity index (χ1n) is 16.5. The highest BCUT2D eigenvalue weighted by atomic mass is 35.5. The van der Waals surface area contributed by atoms with Crippen LogP contribution in [0.4, 0.5) is 5.13 Å². The number of esters is 1. The molecule has 53 heavy (non-hydrogen) atoms. The van der Waals surface area contributed by atoms with Gasteiger partial charge in [-0.1, -0.05) is 96.2 Å². The number of carboxylic acids is 1. The Hall–Kier alpha value is -5.18. The molecule has 2 aliphatic heterocycles. The molecule has 0 radical (unpaired) electrons. The largest absolute Gasteiger partial charge is 0.477 e. The van der Waals surface area contributed by atoms with Crippen molar-refractivity contribution in [3.8, 4) is 0 Å². The van der Waals surface area contributed by atoms with Crippen LogP contribution in [0.15, 0.2) is 113 Å². The van der Waals surface area contributed by atoms with Gasteiger partial charge >= 0.3 is 11.9 Å². The smallest absolute Gasteiger partial charge is 0.352 e. The second-order valence-electron chi connectivity index (χ2n) is 13.1. The number of alkyl halides is 1. The molecule has 2 amide bonds. The van der Waals surface area contributed by atoms with Crippen LogP contribution in [0, 0.1) is 0 Å². The van der Waals surface area contributed by atoms with Crippen molar-refractivity contribution in [1.29, 1.82) is 0 Å². The molecule has 1 aromatic heterocycles.